The number of anilines is 1. The Bertz CT molecular complexity index is 1140. The number of halogens is 1. The Morgan fingerprint density at radius 2 is 1.77 bits per heavy atom. The molecule has 0 spiro atoms. The topological polar surface area (TPSA) is 79.4 Å². The number of hydrogen-bond donors (Lipinski definition) is 1. The molecule has 1 aliphatic heterocycles. The first-order valence-electron chi connectivity index (χ1n) is 9.82. The minimum absolute atomic E-state index is 0.153. The second-order valence-corrected chi connectivity index (χ2v) is 8.94. The summed E-state index contributed by atoms with van der Waals surface area (Å²) < 4.78 is 0. The summed E-state index contributed by atoms with van der Waals surface area (Å²) in [6, 6.07) is 12.8. The highest BCUT2D eigenvalue weighted by molar-refractivity contribution is 7.15. The molecule has 1 aromatic heterocycles. The predicted octanol–water partition coefficient (Wildman–Crippen LogP) is 4.60. The van der Waals surface area contributed by atoms with Gasteiger partial charge in [0.25, 0.3) is 5.91 Å². The molecule has 1 fully saturated rings. The van der Waals surface area contributed by atoms with Crippen LogP contribution in [0.1, 0.15) is 44.8 Å². The number of aryl methyl sites for hydroxylation is 1. The van der Waals surface area contributed by atoms with Gasteiger partial charge >= 0.3 is 0 Å². The number of likely N-dealkylation sites (tertiary alicyclic amines) is 1. The average molecular weight is 454 g/mol. The number of benzene rings is 2. The maximum Gasteiger partial charge on any atom is 0.257 e. The van der Waals surface area contributed by atoms with Gasteiger partial charge in [0, 0.05) is 40.9 Å². The van der Waals surface area contributed by atoms with Gasteiger partial charge in [-0.3, -0.25) is 24.6 Å². The molecule has 6 nitrogen and oxygen atoms in total. The third kappa shape index (κ3) is 5.00. The van der Waals surface area contributed by atoms with Crippen molar-refractivity contribution in [1.82, 2.24) is 9.88 Å². The van der Waals surface area contributed by atoms with Gasteiger partial charge in [0.2, 0.25) is 11.8 Å². The Labute approximate surface area is 188 Å². The van der Waals surface area contributed by atoms with Gasteiger partial charge in [-0.2, -0.15) is 0 Å². The van der Waals surface area contributed by atoms with Crippen LogP contribution < -0.4 is 5.32 Å². The number of amides is 3. The number of carbonyl (C=O) groups is 3. The highest BCUT2D eigenvalue weighted by Gasteiger charge is 2.28. The molecular formula is C23H20ClN3O3S. The molecule has 0 bridgehead atoms. The summed E-state index contributed by atoms with van der Waals surface area (Å²) >= 11 is 7.61. The van der Waals surface area contributed by atoms with Crippen LogP contribution in [0.4, 0.5) is 5.13 Å². The van der Waals surface area contributed by atoms with Crippen molar-refractivity contribution in [2.24, 2.45) is 0 Å². The third-order valence-electron chi connectivity index (χ3n) is 5.10. The van der Waals surface area contributed by atoms with Gasteiger partial charge in [-0.15, -0.1) is 11.3 Å². The Morgan fingerprint density at radius 1 is 1.10 bits per heavy atom. The molecule has 3 aromatic rings. The molecule has 0 atom stereocenters. The van der Waals surface area contributed by atoms with Crippen LogP contribution in [0.3, 0.4) is 0 Å². The predicted molar refractivity (Wildman–Crippen MR) is 120 cm³/mol. The standard InChI is InChI=1S/C23H20ClN3O3S/c1-14-2-3-16(11-19(14)24)10-18-12-25-23(31-18)26-22(30)17-6-4-15(5-7-17)13-27-20(28)8-9-21(27)29/h2-7,11-12H,8-10,13H2,1H3,(H,25,26,30). The van der Waals surface area contributed by atoms with Crippen LogP contribution in [-0.4, -0.2) is 27.6 Å². The number of hydrogen-bond acceptors (Lipinski definition) is 5. The van der Waals surface area contributed by atoms with Crippen molar-refractivity contribution >= 4 is 45.8 Å². The van der Waals surface area contributed by atoms with Crippen LogP contribution in [-0.2, 0) is 22.6 Å². The first kappa shape index (κ1) is 21.2. The molecule has 158 valence electrons. The highest BCUT2D eigenvalue weighted by Crippen LogP contribution is 2.24. The van der Waals surface area contributed by atoms with Gasteiger partial charge < -0.3 is 0 Å². The number of thiazole rings is 1. The number of imide groups is 1. The fourth-order valence-electron chi connectivity index (χ4n) is 3.31. The number of nitrogens with one attached hydrogen (secondary N) is 1. The van der Waals surface area contributed by atoms with Crippen LogP contribution in [0.2, 0.25) is 5.02 Å². The monoisotopic (exact) mass is 453 g/mol. The smallest absolute Gasteiger partial charge is 0.257 e. The zero-order valence-electron chi connectivity index (χ0n) is 16.9. The molecule has 2 heterocycles. The van der Waals surface area contributed by atoms with E-state index in [4.69, 9.17) is 11.6 Å². The molecule has 0 aliphatic carbocycles. The summed E-state index contributed by atoms with van der Waals surface area (Å²) in [5, 5.41) is 4.07. The summed E-state index contributed by atoms with van der Waals surface area (Å²) in [4.78, 5) is 42.6. The van der Waals surface area contributed by atoms with Gasteiger partial charge in [0.05, 0.1) is 6.54 Å². The van der Waals surface area contributed by atoms with Crippen molar-refractivity contribution in [1.29, 1.82) is 0 Å². The van der Waals surface area contributed by atoms with E-state index in [1.54, 1.807) is 30.5 Å². The van der Waals surface area contributed by atoms with Gasteiger partial charge in [0.1, 0.15) is 0 Å². The SMILES string of the molecule is Cc1ccc(Cc2cnc(NC(=O)c3ccc(CN4C(=O)CCC4=O)cc3)s2)cc1Cl. The van der Waals surface area contributed by atoms with Crippen LogP contribution >= 0.6 is 22.9 Å². The highest BCUT2D eigenvalue weighted by atomic mass is 35.5. The summed E-state index contributed by atoms with van der Waals surface area (Å²) in [5.41, 5.74) is 3.40. The Balaban J connectivity index is 1.36. The molecule has 4 rings (SSSR count). The van der Waals surface area contributed by atoms with E-state index in [2.05, 4.69) is 10.3 Å². The van der Waals surface area contributed by atoms with Crippen LogP contribution in [0, 0.1) is 6.92 Å². The first-order chi connectivity index (χ1) is 14.9. The van der Waals surface area contributed by atoms with Crippen LogP contribution in [0.5, 0.6) is 0 Å². The number of rotatable bonds is 6. The quantitative estimate of drug-likeness (QED) is 0.553. The lowest BCUT2D eigenvalue weighted by molar-refractivity contribution is -0.139. The lowest BCUT2D eigenvalue weighted by atomic mass is 10.1. The van der Waals surface area contributed by atoms with E-state index in [9.17, 15) is 14.4 Å². The van der Waals surface area contributed by atoms with E-state index >= 15 is 0 Å². The molecule has 1 N–H and O–H groups in total. The summed E-state index contributed by atoms with van der Waals surface area (Å²) in [6.45, 7) is 2.20. The summed E-state index contributed by atoms with van der Waals surface area (Å²) in [5.74, 6) is -0.572. The minimum atomic E-state index is -0.265. The van der Waals surface area contributed by atoms with Gasteiger partial charge in [-0.05, 0) is 41.8 Å². The van der Waals surface area contributed by atoms with Crippen LogP contribution in [0.25, 0.3) is 0 Å². The van der Waals surface area contributed by atoms with E-state index in [0.29, 0.717) is 17.1 Å². The van der Waals surface area contributed by atoms with Crippen LogP contribution in [0.15, 0.2) is 48.7 Å². The zero-order chi connectivity index (χ0) is 22.0. The van der Waals surface area contributed by atoms with Crippen molar-refractivity contribution in [2.75, 3.05) is 5.32 Å². The zero-order valence-corrected chi connectivity index (χ0v) is 18.4. The maximum absolute atomic E-state index is 12.5. The molecule has 1 saturated heterocycles. The lowest BCUT2D eigenvalue weighted by Crippen LogP contribution is -2.28. The first-order valence-corrected chi connectivity index (χ1v) is 11.0. The molecular weight excluding hydrogens is 434 g/mol. The Hall–Kier alpha value is -3.03. The molecule has 31 heavy (non-hydrogen) atoms. The fourth-order valence-corrected chi connectivity index (χ4v) is 4.35. The third-order valence-corrected chi connectivity index (χ3v) is 6.42. The minimum Gasteiger partial charge on any atom is -0.298 e. The fraction of sp³-hybridized carbons (Fsp3) is 0.217. The maximum atomic E-state index is 12.5. The number of carbonyl (C=O) groups excluding carboxylic acids is 3. The molecule has 3 amide bonds. The van der Waals surface area contributed by atoms with E-state index < -0.39 is 0 Å². The van der Waals surface area contributed by atoms with Crippen molar-refractivity contribution in [3.05, 3.63) is 80.8 Å². The second-order valence-electron chi connectivity index (χ2n) is 7.42. The summed E-state index contributed by atoms with van der Waals surface area (Å²) in [6.07, 6.45) is 2.98. The Morgan fingerprint density at radius 3 is 2.45 bits per heavy atom. The molecule has 2 aromatic carbocycles. The van der Waals surface area contributed by atoms with Gasteiger partial charge in [-0.25, -0.2) is 4.98 Å². The van der Waals surface area contributed by atoms with Crippen molar-refractivity contribution in [3.8, 4) is 0 Å². The average Bonchev–Trinajstić information content (AvgIpc) is 3.32. The van der Waals surface area contributed by atoms with E-state index in [0.717, 1.165) is 26.6 Å². The Kier molecular flexibility index (Phi) is 6.15. The second kappa shape index (κ2) is 8.99. The van der Waals surface area contributed by atoms with E-state index in [1.807, 2.05) is 25.1 Å². The molecule has 0 saturated carbocycles. The largest absolute Gasteiger partial charge is 0.298 e. The molecule has 8 heteroatoms. The lowest BCUT2D eigenvalue weighted by Gasteiger charge is -2.13. The van der Waals surface area contributed by atoms with Crippen molar-refractivity contribution in [3.63, 3.8) is 0 Å². The molecule has 1 aliphatic rings. The number of nitrogens with zero attached hydrogens (tertiary/aromatic N) is 2. The van der Waals surface area contributed by atoms with E-state index in [1.165, 1.54) is 16.2 Å². The van der Waals surface area contributed by atoms with Crippen molar-refractivity contribution in [2.45, 2.75) is 32.7 Å². The van der Waals surface area contributed by atoms with E-state index in [-0.39, 0.29) is 37.1 Å². The normalized spacial score (nSPS) is 13.7. The van der Waals surface area contributed by atoms with Crippen molar-refractivity contribution < 1.29 is 14.4 Å². The number of aromatic nitrogens is 1. The van der Waals surface area contributed by atoms with Gasteiger partial charge in [0.15, 0.2) is 5.13 Å². The van der Waals surface area contributed by atoms with Gasteiger partial charge in [-0.1, -0.05) is 35.9 Å². The molecule has 0 unspecified atom stereocenters. The molecule has 0 radical (unpaired) electrons. The summed E-state index contributed by atoms with van der Waals surface area (Å²) in [7, 11) is 0.